The van der Waals surface area contributed by atoms with Gasteiger partial charge in [-0.2, -0.15) is 0 Å². The van der Waals surface area contributed by atoms with Gasteiger partial charge in [0.15, 0.2) is 0 Å². The zero-order chi connectivity index (χ0) is 17.1. The Morgan fingerprint density at radius 2 is 1.83 bits per heavy atom. The smallest absolute Gasteiger partial charge is 0.335 e. The van der Waals surface area contributed by atoms with E-state index in [0.717, 1.165) is 18.4 Å². The predicted octanol–water partition coefficient (Wildman–Crippen LogP) is 1.26. The van der Waals surface area contributed by atoms with Crippen LogP contribution in [0.3, 0.4) is 0 Å². The Morgan fingerprint density at radius 1 is 1.22 bits per heavy atom. The first-order valence-corrected chi connectivity index (χ1v) is 9.52. The van der Waals surface area contributed by atoms with Gasteiger partial charge in [0.05, 0.1) is 11.3 Å². The minimum Gasteiger partial charge on any atom is -0.478 e. The summed E-state index contributed by atoms with van der Waals surface area (Å²) in [5, 5.41) is 11.6. The van der Waals surface area contributed by atoms with Gasteiger partial charge in [-0.15, -0.1) is 0 Å². The summed E-state index contributed by atoms with van der Waals surface area (Å²) in [4.78, 5) is 22.7. The number of hydrogen-bond acceptors (Lipinski definition) is 4. The summed E-state index contributed by atoms with van der Waals surface area (Å²) in [6.45, 7) is 0.445. The molecule has 6 nitrogen and oxygen atoms in total. The van der Waals surface area contributed by atoms with Crippen LogP contribution in [0.15, 0.2) is 24.3 Å². The number of carboxylic acid groups (broad SMARTS) is 1. The third-order valence-corrected chi connectivity index (χ3v) is 5.13. The van der Waals surface area contributed by atoms with E-state index in [0.29, 0.717) is 13.0 Å². The number of nitrogens with one attached hydrogen (secondary N) is 1. The van der Waals surface area contributed by atoms with E-state index in [1.165, 1.54) is 18.4 Å². The number of carbonyl (C=O) groups excluding carboxylic acids is 1. The molecular weight excluding hydrogens is 318 g/mol. The molecule has 1 amide bonds. The quantitative estimate of drug-likeness (QED) is 0.742. The molecule has 23 heavy (non-hydrogen) atoms. The number of hydrogen-bond donors (Lipinski definition) is 2. The summed E-state index contributed by atoms with van der Waals surface area (Å²) >= 11 is 0. The number of carbonyl (C=O) groups is 2. The van der Waals surface area contributed by atoms with Crippen LogP contribution in [0.1, 0.15) is 35.2 Å². The van der Waals surface area contributed by atoms with E-state index in [-0.39, 0.29) is 29.1 Å². The van der Waals surface area contributed by atoms with Gasteiger partial charge in [0.1, 0.15) is 9.84 Å². The highest BCUT2D eigenvalue weighted by Crippen LogP contribution is 2.49. The fourth-order valence-electron chi connectivity index (χ4n) is 2.67. The van der Waals surface area contributed by atoms with Crippen LogP contribution in [0.25, 0.3) is 0 Å². The average molecular weight is 339 g/mol. The highest BCUT2D eigenvalue weighted by Gasteiger charge is 2.46. The predicted molar refractivity (Wildman–Crippen MR) is 86.1 cm³/mol. The maximum atomic E-state index is 11.9. The van der Waals surface area contributed by atoms with Gasteiger partial charge < -0.3 is 10.4 Å². The summed E-state index contributed by atoms with van der Waals surface area (Å²) in [6, 6.07) is 6.51. The SMILES string of the molecule is CS(=O)(=O)CC1(CC(=O)NCCc2ccc(C(=O)O)cc2)CC1. The second kappa shape index (κ2) is 6.70. The first-order valence-electron chi connectivity index (χ1n) is 7.46. The van der Waals surface area contributed by atoms with Gasteiger partial charge in [-0.3, -0.25) is 4.79 Å². The molecule has 1 aromatic carbocycles. The second-order valence-corrected chi connectivity index (χ2v) is 8.49. The van der Waals surface area contributed by atoms with Crippen molar-refractivity contribution in [3.05, 3.63) is 35.4 Å². The lowest BCUT2D eigenvalue weighted by Crippen LogP contribution is -2.30. The summed E-state index contributed by atoms with van der Waals surface area (Å²) in [5.74, 6) is -1.02. The van der Waals surface area contributed by atoms with Crippen LogP contribution >= 0.6 is 0 Å². The van der Waals surface area contributed by atoms with Crippen LogP contribution in [0, 0.1) is 5.41 Å². The number of carboxylic acids is 1. The maximum Gasteiger partial charge on any atom is 0.335 e. The Hall–Kier alpha value is -1.89. The van der Waals surface area contributed by atoms with Gasteiger partial charge in [0.25, 0.3) is 0 Å². The van der Waals surface area contributed by atoms with Crippen molar-refractivity contribution in [2.75, 3.05) is 18.6 Å². The summed E-state index contributed by atoms with van der Waals surface area (Å²) in [7, 11) is -3.07. The van der Waals surface area contributed by atoms with Crippen LogP contribution in [0.4, 0.5) is 0 Å². The van der Waals surface area contributed by atoms with E-state index < -0.39 is 15.8 Å². The van der Waals surface area contributed by atoms with Crippen LogP contribution in [0.2, 0.25) is 0 Å². The standard InChI is InChI=1S/C16H21NO5S/c1-23(21,22)11-16(7-8-16)10-14(18)17-9-6-12-2-4-13(5-3-12)15(19)20/h2-5H,6-11H2,1H3,(H,17,18)(H,19,20). The molecule has 0 aromatic heterocycles. The molecule has 0 spiro atoms. The number of rotatable bonds is 8. The summed E-state index contributed by atoms with van der Waals surface area (Å²) in [5.41, 5.74) is 0.808. The second-order valence-electron chi connectivity index (χ2n) is 6.35. The third kappa shape index (κ3) is 5.67. The highest BCUT2D eigenvalue weighted by atomic mass is 32.2. The molecule has 126 valence electrons. The lowest BCUT2D eigenvalue weighted by atomic mass is 10.0. The highest BCUT2D eigenvalue weighted by molar-refractivity contribution is 7.90. The minimum atomic E-state index is -3.07. The molecule has 2 rings (SSSR count). The number of sulfone groups is 1. The lowest BCUT2D eigenvalue weighted by Gasteiger charge is -2.13. The van der Waals surface area contributed by atoms with E-state index in [9.17, 15) is 18.0 Å². The fraction of sp³-hybridized carbons (Fsp3) is 0.500. The average Bonchev–Trinajstić information content (AvgIpc) is 3.16. The van der Waals surface area contributed by atoms with Crippen LogP contribution in [0.5, 0.6) is 0 Å². The molecule has 1 aliphatic rings. The van der Waals surface area contributed by atoms with Crippen molar-refractivity contribution in [3.8, 4) is 0 Å². The van der Waals surface area contributed by atoms with Gasteiger partial charge in [0, 0.05) is 19.2 Å². The van der Waals surface area contributed by atoms with Crippen molar-refractivity contribution < 1.29 is 23.1 Å². The normalized spacial score (nSPS) is 15.9. The van der Waals surface area contributed by atoms with E-state index in [1.807, 2.05) is 0 Å². The molecule has 1 fully saturated rings. The van der Waals surface area contributed by atoms with Crippen molar-refractivity contribution in [3.63, 3.8) is 0 Å². The topological polar surface area (TPSA) is 101 Å². The Bertz CT molecular complexity index is 690. The van der Waals surface area contributed by atoms with Gasteiger partial charge in [-0.25, -0.2) is 13.2 Å². The molecule has 0 aliphatic heterocycles. The lowest BCUT2D eigenvalue weighted by molar-refractivity contribution is -0.122. The van der Waals surface area contributed by atoms with E-state index in [1.54, 1.807) is 12.1 Å². The van der Waals surface area contributed by atoms with Crippen molar-refractivity contribution in [2.45, 2.75) is 25.7 Å². The monoisotopic (exact) mass is 339 g/mol. The Morgan fingerprint density at radius 3 is 2.30 bits per heavy atom. The molecule has 2 N–H and O–H groups in total. The fourth-order valence-corrected chi connectivity index (χ4v) is 4.17. The van der Waals surface area contributed by atoms with Crippen LogP contribution < -0.4 is 5.32 Å². The van der Waals surface area contributed by atoms with Crippen molar-refractivity contribution in [1.29, 1.82) is 0 Å². The Kier molecular flexibility index (Phi) is 5.09. The molecule has 7 heteroatoms. The molecule has 1 aromatic rings. The Labute approximate surface area is 135 Å². The van der Waals surface area contributed by atoms with E-state index in [4.69, 9.17) is 5.11 Å². The largest absolute Gasteiger partial charge is 0.478 e. The van der Waals surface area contributed by atoms with E-state index >= 15 is 0 Å². The van der Waals surface area contributed by atoms with Gasteiger partial charge in [-0.1, -0.05) is 12.1 Å². The Balaban J connectivity index is 1.76. The van der Waals surface area contributed by atoms with Crippen LogP contribution in [-0.4, -0.2) is 44.0 Å². The van der Waals surface area contributed by atoms with E-state index in [2.05, 4.69) is 5.32 Å². The zero-order valence-corrected chi connectivity index (χ0v) is 13.9. The number of amides is 1. The number of aromatic carboxylic acids is 1. The summed E-state index contributed by atoms with van der Waals surface area (Å²) < 4.78 is 22.7. The molecular formula is C16H21NO5S. The molecule has 0 atom stereocenters. The van der Waals surface area contributed by atoms with Crippen molar-refractivity contribution in [2.24, 2.45) is 5.41 Å². The van der Waals surface area contributed by atoms with Gasteiger partial charge in [0.2, 0.25) is 5.91 Å². The third-order valence-electron chi connectivity index (χ3n) is 4.00. The molecule has 0 saturated heterocycles. The first-order chi connectivity index (χ1) is 10.7. The molecule has 0 unspecified atom stereocenters. The molecule has 0 bridgehead atoms. The summed E-state index contributed by atoms with van der Waals surface area (Å²) in [6.07, 6.45) is 3.61. The first kappa shape index (κ1) is 17.5. The molecule has 1 saturated carbocycles. The van der Waals surface area contributed by atoms with Gasteiger partial charge >= 0.3 is 5.97 Å². The van der Waals surface area contributed by atoms with Crippen LogP contribution in [-0.2, 0) is 21.1 Å². The minimum absolute atomic E-state index is 0.0735. The zero-order valence-electron chi connectivity index (χ0n) is 13.0. The maximum absolute atomic E-state index is 11.9. The van der Waals surface area contributed by atoms with Crippen molar-refractivity contribution in [1.82, 2.24) is 5.32 Å². The molecule has 1 aliphatic carbocycles. The van der Waals surface area contributed by atoms with Gasteiger partial charge in [-0.05, 0) is 42.4 Å². The van der Waals surface area contributed by atoms with Crippen molar-refractivity contribution >= 4 is 21.7 Å². The molecule has 0 heterocycles. The number of benzene rings is 1. The molecule has 0 radical (unpaired) electrons.